The van der Waals surface area contributed by atoms with Gasteiger partial charge in [-0.2, -0.15) is 0 Å². The van der Waals surface area contributed by atoms with E-state index in [9.17, 15) is 14.7 Å². The van der Waals surface area contributed by atoms with Gasteiger partial charge in [-0.25, -0.2) is 0 Å². The molecule has 3 aromatic rings. The Morgan fingerprint density at radius 1 is 1.06 bits per heavy atom. The summed E-state index contributed by atoms with van der Waals surface area (Å²) < 4.78 is 7.47. The number of benzene rings is 2. The monoisotopic (exact) mass is 447 g/mol. The number of aliphatic carboxylic acids is 1. The third-order valence-corrected chi connectivity index (χ3v) is 5.95. The van der Waals surface area contributed by atoms with Gasteiger partial charge in [-0.1, -0.05) is 17.6 Å². The fourth-order valence-electron chi connectivity index (χ4n) is 4.36. The lowest BCUT2D eigenvalue weighted by atomic mass is 9.95. The van der Waals surface area contributed by atoms with Crippen LogP contribution in [0.1, 0.15) is 29.8 Å². The maximum absolute atomic E-state index is 12.9. The molecule has 2 heterocycles. The molecule has 0 spiro atoms. The van der Waals surface area contributed by atoms with Crippen LogP contribution in [0.4, 0.5) is 0 Å². The largest absolute Gasteiger partial charge is 0.491 e. The topological polar surface area (TPSA) is 75.0 Å². The van der Waals surface area contributed by atoms with Crippen LogP contribution in [0, 0.1) is 0 Å². The Labute approximate surface area is 195 Å². The van der Waals surface area contributed by atoms with Crippen LogP contribution in [0.2, 0.25) is 0 Å². The second-order valence-electron chi connectivity index (χ2n) is 8.96. The van der Waals surface area contributed by atoms with Crippen molar-refractivity contribution in [3.8, 4) is 5.75 Å². The molecule has 7 nitrogen and oxygen atoms in total. The normalized spacial score (nSPS) is 14.7. The Balaban J connectivity index is 1.40. The molecule has 1 aliphatic heterocycles. The molecule has 1 saturated heterocycles. The van der Waals surface area contributed by atoms with Crippen LogP contribution < -0.4 is 10.2 Å². The van der Waals surface area contributed by atoms with E-state index in [1.165, 1.54) is 0 Å². The lowest BCUT2D eigenvalue weighted by molar-refractivity contribution is -0.137. The first-order valence-corrected chi connectivity index (χ1v) is 11.4. The van der Waals surface area contributed by atoms with Gasteiger partial charge in [0.2, 0.25) is 0 Å². The number of ether oxygens (including phenoxy) is 1. The van der Waals surface area contributed by atoms with Gasteiger partial charge in [-0.3, -0.25) is 14.5 Å². The van der Waals surface area contributed by atoms with E-state index in [1.54, 1.807) is 0 Å². The Morgan fingerprint density at radius 2 is 1.76 bits per heavy atom. The van der Waals surface area contributed by atoms with Gasteiger partial charge in [-0.05, 0) is 49.7 Å². The van der Waals surface area contributed by atoms with E-state index in [4.69, 9.17) is 4.74 Å². The van der Waals surface area contributed by atoms with E-state index in [1.807, 2.05) is 67.7 Å². The summed E-state index contributed by atoms with van der Waals surface area (Å²) in [6, 6.07) is 13.5. The molecule has 1 aromatic heterocycles. The van der Waals surface area contributed by atoms with Gasteiger partial charge in [0.25, 0.3) is 5.91 Å². The van der Waals surface area contributed by atoms with Gasteiger partial charge in [0.1, 0.15) is 20.1 Å². The second kappa shape index (κ2) is 9.71. The summed E-state index contributed by atoms with van der Waals surface area (Å²) in [4.78, 5) is 28.4. The van der Waals surface area contributed by atoms with Crippen molar-refractivity contribution in [3.05, 3.63) is 59.8 Å². The fourth-order valence-corrected chi connectivity index (χ4v) is 4.36. The molecule has 1 amide bonds. The molecule has 0 unspecified atom stereocenters. The summed E-state index contributed by atoms with van der Waals surface area (Å²) in [5.41, 5.74) is 3.85. The highest BCUT2D eigenvalue weighted by Crippen LogP contribution is 2.23. The molecule has 1 fully saturated rings. The van der Waals surface area contributed by atoms with Crippen LogP contribution in [0.3, 0.4) is 0 Å². The standard InChI is InChI=1S/C25H30BN3O4/c1-17(2)33-21-6-3-18(4-7-21)25(32)28-11-9-27(10-12-28)14-19-15-29(16-24(30)31)23-13-20(26)5-8-22(19)23/h3-8,13,15,17H,9-12,14,16,26H2,1-2H3,(H,30,31). The number of carboxylic acids is 1. The van der Waals surface area contributed by atoms with Gasteiger partial charge >= 0.3 is 5.97 Å². The van der Waals surface area contributed by atoms with Gasteiger partial charge in [0.15, 0.2) is 0 Å². The molecule has 0 atom stereocenters. The molecule has 0 saturated carbocycles. The molecule has 0 radical (unpaired) electrons. The highest BCUT2D eigenvalue weighted by atomic mass is 16.5. The van der Waals surface area contributed by atoms with Crippen molar-refractivity contribution >= 4 is 36.1 Å². The molecule has 8 heteroatoms. The highest BCUT2D eigenvalue weighted by molar-refractivity contribution is 6.33. The van der Waals surface area contributed by atoms with E-state index < -0.39 is 5.97 Å². The zero-order valence-electron chi connectivity index (χ0n) is 19.5. The summed E-state index contributed by atoms with van der Waals surface area (Å²) in [7, 11) is 2.01. The van der Waals surface area contributed by atoms with Crippen molar-refractivity contribution in [2.75, 3.05) is 26.2 Å². The number of carbonyl (C=O) groups is 2. The van der Waals surface area contributed by atoms with Gasteiger partial charge in [0.05, 0.1) is 6.10 Å². The number of hydrogen-bond donors (Lipinski definition) is 1. The fraction of sp³-hybridized carbons (Fsp3) is 0.360. The number of piperazine rings is 1. The number of amides is 1. The lowest BCUT2D eigenvalue weighted by Gasteiger charge is -2.34. The van der Waals surface area contributed by atoms with E-state index in [0.29, 0.717) is 18.7 Å². The lowest BCUT2D eigenvalue weighted by Crippen LogP contribution is -2.48. The Morgan fingerprint density at radius 3 is 2.39 bits per heavy atom. The van der Waals surface area contributed by atoms with E-state index in [0.717, 1.165) is 47.3 Å². The van der Waals surface area contributed by atoms with E-state index in [2.05, 4.69) is 17.0 Å². The molecule has 1 N–H and O–H groups in total. The maximum atomic E-state index is 12.9. The smallest absolute Gasteiger partial charge is 0.323 e. The highest BCUT2D eigenvalue weighted by Gasteiger charge is 2.23. The maximum Gasteiger partial charge on any atom is 0.323 e. The number of carboxylic acid groups (broad SMARTS) is 1. The first-order valence-electron chi connectivity index (χ1n) is 11.4. The van der Waals surface area contributed by atoms with Crippen molar-refractivity contribution in [2.45, 2.75) is 33.0 Å². The van der Waals surface area contributed by atoms with Crippen LogP contribution in [0.5, 0.6) is 5.75 Å². The molecule has 4 rings (SSSR count). The minimum atomic E-state index is -0.851. The number of aromatic nitrogens is 1. The molecular formula is C25H30BN3O4. The molecule has 33 heavy (non-hydrogen) atoms. The summed E-state index contributed by atoms with van der Waals surface area (Å²) in [6.07, 6.45) is 2.05. The van der Waals surface area contributed by atoms with Crippen LogP contribution >= 0.6 is 0 Å². The Kier molecular flexibility index (Phi) is 6.74. The number of carbonyl (C=O) groups excluding carboxylic acids is 1. The molecule has 0 bridgehead atoms. The van der Waals surface area contributed by atoms with Gasteiger partial charge in [-0.15, -0.1) is 0 Å². The Hall–Kier alpha value is -3.26. The van der Waals surface area contributed by atoms with Crippen molar-refractivity contribution in [1.29, 1.82) is 0 Å². The minimum absolute atomic E-state index is 0.0410. The van der Waals surface area contributed by atoms with E-state index in [-0.39, 0.29) is 18.6 Å². The van der Waals surface area contributed by atoms with Crippen molar-refractivity contribution < 1.29 is 19.4 Å². The van der Waals surface area contributed by atoms with Crippen LogP contribution in [0.25, 0.3) is 10.9 Å². The SMILES string of the molecule is Bc1ccc2c(CN3CCN(C(=O)c4ccc(OC(C)C)cc4)CC3)cn(CC(=O)O)c2c1. The summed E-state index contributed by atoms with van der Waals surface area (Å²) >= 11 is 0. The first kappa shape index (κ1) is 22.9. The number of fused-ring (bicyclic) bond motifs is 1. The number of nitrogens with zero attached hydrogens (tertiary/aromatic N) is 3. The van der Waals surface area contributed by atoms with Crippen LogP contribution in [0.15, 0.2) is 48.7 Å². The minimum Gasteiger partial charge on any atom is -0.491 e. The summed E-state index contributed by atoms with van der Waals surface area (Å²) in [6.45, 7) is 7.51. The van der Waals surface area contributed by atoms with Crippen LogP contribution in [-0.4, -0.2) is 71.5 Å². The Bertz CT molecular complexity index is 1150. The third kappa shape index (κ3) is 5.39. The predicted molar refractivity (Wildman–Crippen MR) is 131 cm³/mol. The zero-order chi connectivity index (χ0) is 23.5. The molecule has 1 aliphatic rings. The van der Waals surface area contributed by atoms with Crippen molar-refractivity contribution in [3.63, 3.8) is 0 Å². The third-order valence-electron chi connectivity index (χ3n) is 5.95. The van der Waals surface area contributed by atoms with E-state index >= 15 is 0 Å². The summed E-state index contributed by atoms with van der Waals surface area (Å²) in [5.74, 6) is -0.0428. The first-order chi connectivity index (χ1) is 15.8. The quantitative estimate of drug-likeness (QED) is 0.559. The molecular weight excluding hydrogens is 417 g/mol. The van der Waals surface area contributed by atoms with Crippen molar-refractivity contribution in [1.82, 2.24) is 14.4 Å². The second-order valence-corrected chi connectivity index (χ2v) is 8.96. The average molecular weight is 447 g/mol. The molecule has 0 aliphatic carbocycles. The predicted octanol–water partition coefficient (Wildman–Crippen LogP) is 1.73. The average Bonchev–Trinajstić information content (AvgIpc) is 3.09. The number of rotatable bonds is 7. The van der Waals surface area contributed by atoms with Gasteiger partial charge in [0, 0.05) is 55.4 Å². The zero-order valence-corrected chi connectivity index (χ0v) is 19.5. The summed E-state index contributed by atoms with van der Waals surface area (Å²) in [5, 5.41) is 10.4. The molecule has 2 aromatic carbocycles. The number of hydrogen-bond acceptors (Lipinski definition) is 4. The van der Waals surface area contributed by atoms with Crippen LogP contribution in [-0.2, 0) is 17.9 Å². The molecule has 172 valence electrons. The van der Waals surface area contributed by atoms with Crippen molar-refractivity contribution in [2.24, 2.45) is 0 Å². The van der Waals surface area contributed by atoms with Gasteiger partial charge < -0.3 is 19.3 Å².